The van der Waals surface area contributed by atoms with Crippen molar-refractivity contribution in [3.63, 3.8) is 0 Å². The first-order chi connectivity index (χ1) is 17.6. The maximum Gasteiger partial charge on any atom is 0.344 e. The molecule has 0 fully saturated rings. The largest absolute Gasteiger partial charge is 0.437 e. The Labute approximate surface area is 209 Å². The normalized spacial score (nSPS) is 14.4. The van der Waals surface area contributed by atoms with Gasteiger partial charge in [-0.1, -0.05) is 65.7 Å². The van der Waals surface area contributed by atoms with Crippen LogP contribution in [0.15, 0.2) is 88.3 Å². The van der Waals surface area contributed by atoms with Crippen LogP contribution in [0, 0.1) is 6.92 Å². The Hall–Kier alpha value is -4.49. The molecular weight excluding hydrogens is 476 g/mol. The van der Waals surface area contributed by atoms with Crippen LogP contribution < -0.4 is 10.4 Å². The quantitative estimate of drug-likeness (QED) is 0.269. The third-order valence-electron chi connectivity index (χ3n) is 6.49. The highest BCUT2D eigenvalue weighted by atomic mass is 35.5. The van der Waals surface area contributed by atoms with Gasteiger partial charge < -0.3 is 9.15 Å². The van der Waals surface area contributed by atoms with E-state index in [1.165, 1.54) is 0 Å². The van der Waals surface area contributed by atoms with E-state index in [4.69, 9.17) is 25.7 Å². The Morgan fingerprint density at radius 2 is 1.72 bits per heavy atom. The van der Waals surface area contributed by atoms with Crippen molar-refractivity contribution < 1.29 is 9.15 Å². The first kappa shape index (κ1) is 20.8. The molecule has 1 unspecified atom stereocenters. The predicted molar refractivity (Wildman–Crippen MR) is 136 cm³/mol. The fraction of sp³-hybridized carbons (Fsp3) is 0.0714. The fourth-order valence-corrected chi connectivity index (χ4v) is 5.00. The molecule has 3 aromatic carbocycles. The summed E-state index contributed by atoms with van der Waals surface area (Å²) in [4.78, 5) is 22.8. The highest BCUT2D eigenvalue weighted by molar-refractivity contribution is 6.33. The number of halogens is 1. The smallest absolute Gasteiger partial charge is 0.344 e. The number of benzene rings is 3. The van der Waals surface area contributed by atoms with Crippen molar-refractivity contribution >= 4 is 28.2 Å². The van der Waals surface area contributed by atoms with Crippen molar-refractivity contribution in [3.05, 3.63) is 117 Å². The average Bonchev–Trinajstić information content (AvgIpc) is 3.33. The lowest BCUT2D eigenvalue weighted by molar-refractivity contribution is 0.422. The number of aromatic nitrogens is 4. The Bertz CT molecular complexity index is 1880. The summed E-state index contributed by atoms with van der Waals surface area (Å²) in [5.41, 5.74) is 4.27. The summed E-state index contributed by atoms with van der Waals surface area (Å²) in [5.74, 6) is 0.747. The zero-order valence-corrected chi connectivity index (χ0v) is 19.7. The van der Waals surface area contributed by atoms with E-state index in [1.807, 2.05) is 67.6 Å². The fourth-order valence-electron chi connectivity index (χ4n) is 4.78. The molecule has 0 saturated heterocycles. The topological polar surface area (TPSA) is 82.5 Å². The molecule has 6 aromatic rings. The molecule has 1 aliphatic rings. The molecule has 7 rings (SSSR count). The van der Waals surface area contributed by atoms with E-state index >= 15 is 0 Å². The van der Waals surface area contributed by atoms with Gasteiger partial charge in [-0.05, 0) is 36.8 Å². The highest BCUT2D eigenvalue weighted by Crippen LogP contribution is 2.48. The van der Waals surface area contributed by atoms with Crippen LogP contribution in [0.1, 0.15) is 28.2 Å². The lowest BCUT2D eigenvalue weighted by atomic mass is 9.84. The van der Waals surface area contributed by atoms with Crippen molar-refractivity contribution in [2.24, 2.45) is 0 Å². The third kappa shape index (κ3) is 3.06. The zero-order valence-electron chi connectivity index (χ0n) is 19.0. The monoisotopic (exact) mass is 492 g/mol. The van der Waals surface area contributed by atoms with E-state index in [2.05, 4.69) is 10.1 Å². The van der Waals surface area contributed by atoms with Crippen molar-refractivity contribution in [3.8, 4) is 23.0 Å². The molecule has 0 bridgehead atoms. The van der Waals surface area contributed by atoms with Gasteiger partial charge in [0.15, 0.2) is 17.2 Å². The molecule has 0 radical (unpaired) electrons. The van der Waals surface area contributed by atoms with Gasteiger partial charge in [-0.15, -0.1) is 5.10 Å². The molecule has 1 atom stereocenters. The molecule has 8 heteroatoms. The summed E-state index contributed by atoms with van der Waals surface area (Å²) in [7, 11) is 0. The molecule has 174 valence electrons. The van der Waals surface area contributed by atoms with E-state index in [0.717, 1.165) is 11.1 Å². The molecule has 0 spiro atoms. The van der Waals surface area contributed by atoms with Gasteiger partial charge >= 0.3 is 5.63 Å². The second-order valence-electron chi connectivity index (χ2n) is 8.72. The molecule has 3 aromatic heterocycles. The number of hydrogen-bond acceptors (Lipinski definition) is 6. The highest BCUT2D eigenvalue weighted by Gasteiger charge is 2.37. The second-order valence-corrected chi connectivity index (χ2v) is 9.13. The predicted octanol–water partition coefficient (Wildman–Crippen LogP) is 6.15. The lowest BCUT2D eigenvalue weighted by Gasteiger charge is -2.27. The minimum atomic E-state index is -0.523. The van der Waals surface area contributed by atoms with Crippen molar-refractivity contribution in [2.75, 3.05) is 0 Å². The van der Waals surface area contributed by atoms with Gasteiger partial charge in [0.1, 0.15) is 11.9 Å². The Balaban J connectivity index is 1.55. The number of hydrogen-bond donors (Lipinski definition) is 0. The minimum absolute atomic E-state index is 0.370. The summed E-state index contributed by atoms with van der Waals surface area (Å²) in [6.45, 7) is 2.02. The van der Waals surface area contributed by atoms with Crippen LogP contribution in [0.25, 0.3) is 28.0 Å². The molecule has 4 heterocycles. The number of ether oxygens (including phenoxy) is 1. The number of para-hydroxylation sites is 1. The molecule has 7 nitrogen and oxygen atoms in total. The summed E-state index contributed by atoms with van der Waals surface area (Å²) in [6, 6.07) is 22.7. The lowest BCUT2D eigenvalue weighted by Crippen LogP contribution is -2.22. The van der Waals surface area contributed by atoms with E-state index in [1.54, 1.807) is 23.0 Å². The van der Waals surface area contributed by atoms with E-state index in [-0.39, 0.29) is 0 Å². The average molecular weight is 493 g/mol. The van der Waals surface area contributed by atoms with Crippen molar-refractivity contribution in [1.82, 2.24) is 19.6 Å². The molecule has 0 aliphatic carbocycles. The standard InChI is InChI=1S/C28H17ClN4O3/c1-15-10-12-16(13-11-15)21-22-24(18-7-3-5-9-20(18)35-28(22)34)36-27-23(21)26-31-25(32-33(26)14-30-27)17-6-2-4-8-19(17)29/h2-14,21H,1H3. The van der Waals surface area contributed by atoms with Gasteiger partial charge in [-0.3, -0.25) is 0 Å². The summed E-state index contributed by atoms with van der Waals surface area (Å²) >= 11 is 6.43. The van der Waals surface area contributed by atoms with Crippen LogP contribution in [-0.4, -0.2) is 19.6 Å². The van der Waals surface area contributed by atoms with Crippen LogP contribution in [0.2, 0.25) is 5.02 Å². The summed E-state index contributed by atoms with van der Waals surface area (Å²) in [6.07, 6.45) is 1.56. The number of nitrogens with zero attached hydrogens (tertiary/aromatic N) is 4. The number of aryl methyl sites for hydroxylation is 1. The molecular formula is C28H17ClN4O3. The second kappa shape index (κ2) is 7.76. The van der Waals surface area contributed by atoms with Gasteiger partial charge in [0.25, 0.3) is 0 Å². The maximum absolute atomic E-state index is 13.4. The van der Waals surface area contributed by atoms with E-state index in [0.29, 0.717) is 55.8 Å². The molecule has 0 saturated carbocycles. The van der Waals surface area contributed by atoms with Crippen LogP contribution in [0.4, 0.5) is 0 Å². The maximum atomic E-state index is 13.4. The molecule has 0 amide bonds. The van der Waals surface area contributed by atoms with Gasteiger partial charge in [0, 0.05) is 5.56 Å². The van der Waals surface area contributed by atoms with Crippen LogP contribution in [0.5, 0.6) is 11.6 Å². The summed E-state index contributed by atoms with van der Waals surface area (Å²) < 4.78 is 13.6. The van der Waals surface area contributed by atoms with E-state index in [9.17, 15) is 4.79 Å². The SMILES string of the molecule is Cc1ccc(C2c3c(c4ccccc4oc3=O)Oc3ncn4nc(-c5ccccc5Cl)nc4c32)cc1. The Morgan fingerprint density at radius 3 is 2.56 bits per heavy atom. The van der Waals surface area contributed by atoms with Gasteiger partial charge in [0.2, 0.25) is 5.88 Å². The third-order valence-corrected chi connectivity index (χ3v) is 6.82. The first-order valence-electron chi connectivity index (χ1n) is 11.4. The van der Waals surface area contributed by atoms with E-state index < -0.39 is 11.5 Å². The zero-order chi connectivity index (χ0) is 24.4. The summed E-state index contributed by atoms with van der Waals surface area (Å²) in [5, 5.41) is 5.87. The molecule has 36 heavy (non-hydrogen) atoms. The molecule has 1 aliphatic heterocycles. The van der Waals surface area contributed by atoms with Crippen molar-refractivity contribution in [1.29, 1.82) is 0 Å². The van der Waals surface area contributed by atoms with Gasteiger partial charge in [-0.2, -0.15) is 0 Å². The minimum Gasteiger partial charge on any atom is -0.437 e. The first-order valence-corrected chi connectivity index (χ1v) is 11.8. The van der Waals surface area contributed by atoms with Gasteiger partial charge in [-0.25, -0.2) is 19.3 Å². The number of rotatable bonds is 2. The van der Waals surface area contributed by atoms with Gasteiger partial charge in [0.05, 0.1) is 27.5 Å². The molecule has 0 N–H and O–H groups in total. The number of fused-ring (bicyclic) bond motifs is 6. The van der Waals surface area contributed by atoms with Crippen molar-refractivity contribution in [2.45, 2.75) is 12.8 Å². The van der Waals surface area contributed by atoms with Crippen LogP contribution >= 0.6 is 11.6 Å². The Kier molecular flexibility index (Phi) is 4.49. The van der Waals surface area contributed by atoms with Crippen LogP contribution in [-0.2, 0) is 0 Å². The Morgan fingerprint density at radius 1 is 0.944 bits per heavy atom. The van der Waals surface area contributed by atoms with Crippen LogP contribution in [0.3, 0.4) is 0 Å².